The topological polar surface area (TPSA) is 88.7 Å². The Morgan fingerprint density at radius 3 is 2.74 bits per heavy atom. The summed E-state index contributed by atoms with van der Waals surface area (Å²) in [6.07, 6.45) is 4.02. The van der Waals surface area contributed by atoms with Gasteiger partial charge in [-0.25, -0.2) is 19.5 Å². The van der Waals surface area contributed by atoms with Gasteiger partial charge in [-0.15, -0.1) is 0 Å². The number of nitrogens with zero attached hydrogens (tertiary/aromatic N) is 6. The van der Waals surface area contributed by atoms with Crippen LogP contribution in [0.4, 0.5) is 5.69 Å². The Morgan fingerprint density at radius 1 is 0.971 bits per heavy atom. The lowest BCUT2D eigenvalue weighted by atomic mass is 9.95. The van der Waals surface area contributed by atoms with Crippen LogP contribution in [0.25, 0.3) is 27.7 Å². The molecule has 34 heavy (non-hydrogen) atoms. The quantitative estimate of drug-likeness (QED) is 0.446. The zero-order valence-electron chi connectivity index (χ0n) is 18.8. The van der Waals surface area contributed by atoms with Gasteiger partial charge in [0.05, 0.1) is 29.9 Å². The third-order valence-electron chi connectivity index (χ3n) is 6.47. The maximum absolute atomic E-state index is 11.3. The number of anilines is 1. The zero-order chi connectivity index (χ0) is 23.1. The maximum Gasteiger partial charge on any atom is 0.136 e. The summed E-state index contributed by atoms with van der Waals surface area (Å²) in [6, 6.07) is 16.2. The van der Waals surface area contributed by atoms with Crippen LogP contribution in [-0.2, 0) is 4.74 Å². The van der Waals surface area contributed by atoms with Crippen molar-refractivity contribution < 1.29 is 9.84 Å². The molecular weight excluding hydrogens is 428 g/mol. The first-order valence-electron chi connectivity index (χ1n) is 11.3. The summed E-state index contributed by atoms with van der Waals surface area (Å²) < 4.78 is 7.20. The van der Waals surface area contributed by atoms with E-state index in [1.54, 1.807) is 10.8 Å². The van der Waals surface area contributed by atoms with Crippen LogP contribution in [0.5, 0.6) is 0 Å². The molecule has 0 saturated carbocycles. The molecule has 1 saturated heterocycles. The second-order valence-corrected chi connectivity index (χ2v) is 8.48. The molecule has 1 unspecified atom stereocenters. The molecule has 8 nitrogen and oxygen atoms in total. The van der Waals surface area contributed by atoms with Crippen molar-refractivity contribution in [3.8, 4) is 11.3 Å². The predicted octanol–water partition coefficient (Wildman–Crippen LogP) is 3.57. The van der Waals surface area contributed by atoms with Gasteiger partial charge in [-0.05, 0) is 54.4 Å². The van der Waals surface area contributed by atoms with Crippen molar-refractivity contribution in [2.75, 3.05) is 31.2 Å². The molecule has 0 spiro atoms. The number of morpholine rings is 1. The SMILES string of the molecule is Cc1ccc(-c2ncnc3cc(N4CCOCC4)ccc23)cc1C(O)c1ncnn2cccc12. The Kier molecular flexibility index (Phi) is 5.16. The van der Waals surface area contributed by atoms with E-state index in [9.17, 15) is 5.11 Å². The summed E-state index contributed by atoms with van der Waals surface area (Å²) in [5.74, 6) is 0. The molecule has 6 rings (SSSR count). The lowest BCUT2D eigenvalue weighted by molar-refractivity contribution is 0.122. The largest absolute Gasteiger partial charge is 0.382 e. The highest BCUT2D eigenvalue weighted by Crippen LogP contribution is 2.33. The van der Waals surface area contributed by atoms with Gasteiger partial charge in [0.25, 0.3) is 0 Å². The molecule has 0 radical (unpaired) electrons. The van der Waals surface area contributed by atoms with Crippen LogP contribution in [0.1, 0.15) is 22.9 Å². The molecule has 5 aromatic rings. The molecule has 0 aliphatic carbocycles. The van der Waals surface area contributed by atoms with Crippen molar-refractivity contribution in [2.45, 2.75) is 13.0 Å². The van der Waals surface area contributed by atoms with Gasteiger partial charge in [-0.3, -0.25) is 0 Å². The minimum absolute atomic E-state index is 0.572. The average Bonchev–Trinajstić information content (AvgIpc) is 3.38. The first-order chi connectivity index (χ1) is 16.7. The first-order valence-corrected chi connectivity index (χ1v) is 11.3. The number of rotatable bonds is 4. The lowest BCUT2D eigenvalue weighted by Crippen LogP contribution is -2.36. The number of ether oxygens (including phenoxy) is 1. The minimum Gasteiger partial charge on any atom is -0.382 e. The Balaban J connectivity index is 1.41. The number of hydrogen-bond acceptors (Lipinski definition) is 7. The first kappa shape index (κ1) is 20.7. The smallest absolute Gasteiger partial charge is 0.136 e. The van der Waals surface area contributed by atoms with Gasteiger partial charge in [0.2, 0.25) is 0 Å². The van der Waals surface area contributed by atoms with Gasteiger partial charge >= 0.3 is 0 Å². The van der Waals surface area contributed by atoms with Crippen LogP contribution < -0.4 is 4.90 Å². The summed E-state index contributed by atoms with van der Waals surface area (Å²) in [4.78, 5) is 15.8. The number of aryl methyl sites for hydroxylation is 1. The van der Waals surface area contributed by atoms with Crippen LogP contribution in [0.2, 0.25) is 0 Å². The van der Waals surface area contributed by atoms with E-state index in [1.165, 1.54) is 6.33 Å². The fourth-order valence-electron chi connectivity index (χ4n) is 4.62. The van der Waals surface area contributed by atoms with Crippen LogP contribution >= 0.6 is 0 Å². The molecule has 0 amide bonds. The molecule has 2 aromatic carbocycles. The number of benzene rings is 2. The second-order valence-electron chi connectivity index (χ2n) is 8.48. The molecular formula is C26H24N6O2. The third-order valence-corrected chi connectivity index (χ3v) is 6.47. The Morgan fingerprint density at radius 2 is 1.85 bits per heavy atom. The highest BCUT2D eigenvalue weighted by Gasteiger charge is 2.20. The molecule has 8 heteroatoms. The third kappa shape index (κ3) is 3.57. The van der Waals surface area contributed by atoms with Crippen LogP contribution in [0.15, 0.2) is 67.4 Å². The predicted molar refractivity (Wildman–Crippen MR) is 130 cm³/mol. The van der Waals surface area contributed by atoms with E-state index in [-0.39, 0.29) is 0 Å². The molecule has 1 fully saturated rings. The summed E-state index contributed by atoms with van der Waals surface area (Å²) >= 11 is 0. The Hall–Kier alpha value is -3.88. The van der Waals surface area contributed by atoms with E-state index in [4.69, 9.17) is 4.74 Å². The monoisotopic (exact) mass is 452 g/mol. The van der Waals surface area contributed by atoms with Gasteiger partial charge in [0.1, 0.15) is 24.5 Å². The van der Waals surface area contributed by atoms with E-state index < -0.39 is 6.10 Å². The fraction of sp³-hybridized carbons (Fsp3) is 0.231. The van der Waals surface area contributed by atoms with Crippen molar-refractivity contribution in [3.05, 3.63) is 84.2 Å². The van der Waals surface area contributed by atoms with Crippen LogP contribution in [0.3, 0.4) is 0 Å². The van der Waals surface area contributed by atoms with E-state index in [2.05, 4.69) is 43.1 Å². The van der Waals surface area contributed by atoms with Gasteiger partial charge in [-0.2, -0.15) is 5.10 Å². The van der Waals surface area contributed by atoms with E-state index in [1.807, 2.05) is 43.5 Å². The normalized spacial score (nSPS) is 15.2. The van der Waals surface area contributed by atoms with Crippen molar-refractivity contribution in [2.24, 2.45) is 0 Å². The highest BCUT2D eigenvalue weighted by atomic mass is 16.5. The molecule has 1 atom stereocenters. The molecule has 3 aromatic heterocycles. The zero-order valence-corrected chi connectivity index (χ0v) is 18.8. The van der Waals surface area contributed by atoms with E-state index >= 15 is 0 Å². The van der Waals surface area contributed by atoms with Gasteiger partial charge < -0.3 is 14.7 Å². The summed E-state index contributed by atoms with van der Waals surface area (Å²) in [6.45, 7) is 5.22. The molecule has 0 bridgehead atoms. The Bertz CT molecular complexity index is 1490. The van der Waals surface area contributed by atoms with Crippen molar-refractivity contribution in [3.63, 3.8) is 0 Å². The van der Waals surface area contributed by atoms with Crippen molar-refractivity contribution in [1.82, 2.24) is 24.6 Å². The van der Waals surface area contributed by atoms with Gasteiger partial charge in [-0.1, -0.05) is 12.1 Å². The minimum atomic E-state index is -0.888. The second kappa shape index (κ2) is 8.48. The number of hydrogen-bond donors (Lipinski definition) is 1. The molecule has 170 valence electrons. The number of aliphatic hydroxyl groups excluding tert-OH is 1. The van der Waals surface area contributed by atoms with Gasteiger partial charge in [0, 0.05) is 35.9 Å². The van der Waals surface area contributed by atoms with E-state index in [0.29, 0.717) is 5.69 Å². The maximum atomic E-state index is 11.3. The molecule has 1 N–H and O–H groups in total. The molecule has 4 heterocycles. The number of aliphatic hydroxyl groups is 1. The van der Waals surface area contributed by atoms with Gasteiger partial charge in [0.15, 0.2) is 0 Å². The van der Waals surface area contributed by atoms with Crippen molar-refractivity contribution >= 4 is 22.1 Å². The van der Waals surface area contributed by atoms with Crippen LogP contribution in [-0.4, -0.2) is 56.0 Å². The van der Waals surface area contributed by atoms with Crippen molar-refractivity contribution in [1.29, 1.82) is 0 Å². The van der Waals surface area contributed by atoms with E-state index in [0.717, 1.165) is 70.8 Å². The lowest BCUT2D eigenvalue weighted by Gasteiger charge is -2.29. The Labute approximate surface area is 196 Å². The molecule has 1 aliphatic heterocycles. The van der Waals surface area contributed by atoms with Crippen LogP contribution in [0, 0.1) is 6.92 Å². The highest BCUT2D eigenvalue weighted by molar-refractivity contribution is 5.94. The average molecular weight is 453 g/mol. The number of aromatic nitrogens is 5. The standard InChI is InChI=1S/C26H24N6O2/c1-17-4-5-18(13-21(17)26(33)25-23-3-2-8-32(23)30-16-29-25)24-20-7-6-19(14-22(20)27-15-28-24)31-9-11-34-12-10-31/h2-8,13-16,26,33H,9-12H2,1H3. The molecule has 1 aliphatic rings. The summed E-state index contributed by atoms with van der Waals surface area (Å²) in [5, 5.41) is 16.5. The summed E-state index contributed by atoms with van der Waals surface area (Å²) in [5.41, 5.74) is 6.91. The summed E-state index contributed by atoms with van der Waals surface area (Å²) in [7, 11) is 0. The fourth-order valence-corrected chi connectivity index (χ4v) is 4.62. The number of fused-ring (bicyclic) bond motifs is 2.